The summed E-state index contributed by atoms with van der Waals surface area (Å²) in [5, 5.41) is 0. The van der Waals surface area contributed by atoms with Crippen LogP contribution in [0.5, 0.6) is 5.75 Å². The van der Waals surface area contributed by atoms with Gasteiger partial charge in [-0.15, -0.1) is 0 Å². The van der Waals surface area contributed by atoms with Gasteiger partial charge in [-0.1, -0.05) is 15.9 Å². The standard InChI is InChI=1S/C20H27BrF3NO3/c1-3-27-19(26)13-25-9-8-15(11-14(25)2)5-4-10-28-16-6-7-18(21)17(12-16)20(22,23)24/h6-7,12,14-15H,3-5,8-11,13H2,1-2H3/t14-,15-/m0/s1. The monoisotopic (exact) mass is 465 g/mol. The molecular formula is C20H27BrF3NO3. The third kappa shape index (κ3) is 6.95. The van der Waals surface area contributed by atoms with Gasteiger partial charge in [0, 0.05) is 10.5 Å². The Balaban J connectivity index is 1.73. The van der Waals surface area contributed by atoms with E-state index in [-0.39, 0.29) is 16.2 Å². The van der Waals surface area contributed by atoms with Gasteiger partial charge < -0.3 is 9.47 Å². The molecule has 0 spiro atoms. The third-order valence-corrected chi connectivity index (χ3v) is 5.72. The SMILES string of the molecule is CCOC(=O)CN1CC[C@H](CCCOc2ccc(Br)c(C(F)(F)F)c2)C[C@@H]1C. The normalized spacial score (nSPS) is 20.8. The second-order valence-electron chi connectivity index (χ2n) is 7.15. The van der Waals surface area contributed by atoms with Crippen molar-refractivity contribution in [2.45, 2.75) is 51.7 Å². The predicted octanol–water partition coefficient (Wildman–Crippen LogP) is 5.29. The molecule has 0 aliphatic carbocycles. The van der Waals surface area contributed by atoms with Gasteiger partial charge in [0.1, 0.15) is 5.75 Å². The summed E-state index contributed by atoms with van der Waals surface area (Å²) in [5.41, 5.74) is -0.729. The Bertz CT molecular complexity index is 654. The largest absolute Gasteiger partial charge is 0.494 e. The maximum atomic E-state index is 12.9. The summed E-state index contributed by atoms with van der Waals surface area (Å²) in [6.45, 7) is 5.88. The number of esters is 1. The highest BCUT2D eigenvalue weighted by Gasteiger charge is 2.33. The molecule has 0 bridgehead atoms. The van der Waals surface area contributed by atoms with Crippen molar-refractivity contribution in [3.8, 4) is 5.75 Å². The molecule has 1 aromatic carbocycles. The summed E-state index contributed by atoms with van der Waals surface area (Å²) in [4.78, 5) is 13.8. The van der Waals surface area contributed by atoms with E-state index in [9.17, 15) is 18.0 Å². The fourth-order valence-corrected chi connectivity index (χ4v) is 4.03. The first-order chi connectivity index (χ1) is 13.2. The van der Waals surface area contributed by atoms with Crippen molar-refractivity contribution in [1.82, 2.24) is 4.90 Å². The number of rotatable bonds is 8. The lowest BCUT2D eigenvalue weighted by atomic mass is 9.88. The summed E-state index contributed by atoms with van der Waals surface area (Å²) in [6, 6.07) is 4.24. The first kappa shape index (κ1) is 23.0. The lowest BCUT2D eigenvalue weighted by molar-refractivity contribution is -0.145. The number of carbonyl (C=O) groups is 1. The van der Waals surface area contributed by atoms with Crippen LogP contribution in [0.4, 0.5) is 13.2 Å². The molecule has 1 saturated heterocycles. The Hall–Kier alpha value is -1.28. The molecule has 1 fully saturated rings. The number of ether oxygens (including phenoxy) is 2. The number of likely N-dealkylation sites (tertiary alicyclic amines) is 1. The van der Waals surface area contributed by atoms with E-state index in [0.29, 0.717) is 31.7 Å². The lowest BCUT2D eigenvalue weighted by Gasteiger charge is -2.37. The van der Waals surface area contributed by atoms with Crippen molar-refractivity contribution in [3.05, 3.63) is 28.2 Å². The van der Waals surface area contributed by atoms with Crippen molar-refractivity contribution in [1.29, 1.82) is 0 Å². The minimum atomic E-state index is -4.41. The molecule has 0 N–H and O–H groups in total. The molecule has 1 heterocycles. The highest BCUT2D eigenvalue weighted by Crippen LogP contribution is 2.37. The minimum Gasteiger partial charge on any atom is -0.494 e. The van der Waals surface area contributed by atoms with Gasteiger partial charge in [0.25, 0.3) is 0 Å². The Morgan fingerprint density at radius 3 is 2.75 bits per heavy atom. The maximum Gasteiger partial charge on any atom is 0.417 e. The number of hydrogen-bond donors (Lipinski definition) is 0. The van der Waals surface area contributed by atoms with E-state index < -0.39 is 11.7 Å². The number of carbonyl (C=O) groups excluding carboxylic acids is 1. The molecule has 2 rings (SSSR count). The molecular weight excluding hydrogens is 439 g/mol. The Kier molecular flexibility index (Phi) is 8.61. The quantitative estimate of drug-likeness (QED) is 0.386. The zero-order chi connectivity index (χ0) is 20.7. The van der Waals surface area contributed by atoms with Crippen molar-refractivity contribution in [2.24, 2.45) is 5.92 Å². The van der Waals surface area contributed by atoms with E-state index in [2.05, 4.69) is 27.8 Å². The summed E-state index contributed by atoms with van der Waals surface area (Å²) >= 11 is 2.93. The predicted molar refractivity (Wildman–Crippen MR) is 104 cm³/mol. The molecule has 28 heavy (non-hydrogen) atoms. The van der Waals surface area contributed by atoms with Crippen molar-refractivity contribution >= 4 is 21.9 Å². The summed E-state index contributed by atoms with van der Waals surface area (Å²) in [5.74, 6) is 0.578. The fraction of sp³-hybridized carbons (Fsp3) is 0.650. The summed E-state index contributed by atoms with van der Waals surface area (Å²) < 4.78 is 49.3. The van der Waals surface area contributed by atoms with Crippen LogP contribution in [0, 0.1) is 5.92 Å². The molecule has 0 radical (unpaired) electrons. The molecule has 0 saturated carbocycles. The van der Waals surface area contributed by atoms with Gasteiger partial charge in [0.2, 0.25) is 0 Å². The van der Waals surface area contributed by atoms with Gasteiger partial charge >= 0.3 is 12.1 Å². The topological polar surface area (TPSA) is 38.8 Å². The van der Waals surface area contributed by atoms with Gasteiger partial charge in [-0.2, -0.15) is 13.2 Å². The van der Waals surface area contributed by atoms with Crippen LogP contribution in [0.15, 0.2) is 22.7 Å². The van der Waals surface area contributed by atoms with E-state index in [0.717, 1.165) is 38.3 Å². The smallest absolute Gasteiger partial charge is 0.417 e. The highest BCUT2D eigenvalue weighted by molar-refractivity contribution is 9.10. The molecule has 158 valence electrons. The maximum absolute atomic E-state index is 12.9. The molecule has 1 aromatic rings. The molecule has 2 atom stereocenters. The molecule has 0 unspecified atom stereocenters. The van der Waals surface area contributed by atoms with E-state index in [4.69, 9.17) is 9.47 Å². The number of halogens is 4. The van der Waals surface area contributed by atoms with Gasteiger partial charge in [-0.3, -0.25) is 9.69 Å². The van der Waals surface area contributed by atoms with Gasteiger partial charge in [-0.05, 0) is 70.2 Å². The first-order valence-corrected chi connectivity index (χ1v) is 10.4. The van der Waals surface area contributed by atoms with E-state index >= 15 is 0 Å². The number of nitrogens with zero attached hydrogens (tertiary/aromatic N) is 1. The first-order valence-electron chi connectivity index (χ1n) is 9.60. The fourth-order valence-electron chi connectivity index (χ4n) is 3.56. The average molecular weight is 466 g/mol. The zero-order valence-corrected chi connectivity index (χ0v) is 17.8. The summed E-state index contributed by atoms with van der Waals surface area (Å²) in [6.07, 6.45) is -0.672. The second-order valence-corrected chi connectivity index (χ2v) is 8.00. The molecule has 8 heteroatoms. The highest BCUT2D eigenvalue weighted by atomic mass is 79.9. The molecule has 0 amide bonds. The van der Waals surface area contributed by atoms with Crippen LogP contribution >= 0.6 is 15.9 Å². The number of benzene rings is 1. The van der Waals surface area contributed by atoms with E-state index in [1.807, 2.05) is 0 Å². The molecule has 1 aliphatic heterocycles. The molecule has 4 nitrogen and oxygen atoms in total. The number of alkyl halides is 3. The molecule has 0 aromatic heterocycles. The third-order valence-electron chi connectivity index (χ3n) is 5.03. The van der Waals surface area contributed by atoms with Crippen LogP contribution in [0.3, 0.4) is 0 Å². The molecule has 1 aliphatic rings. The van der Waals surface area contributed by atoms with Crippen molar-refractivity contribution in [3.63, 3.8) is 0 Å². The van der Waals surface area contributed by atoms with Crippen LogP contribution in [-0.4, -0.2) is 43.2 Å². The Labute approximate surface area is 172 Å². The minimum absolute atomic E-state index is 0.0101. The second kappa shape index (κ2) is 10.5. The van der Waals surface area contributed by atoms with Gasteiger partial charge in [0.05, 0.1) is 25.3 Å². The van der Waals surface area contributed by atoms with E-state index in [1.54, 1.807) is 6.92 Å². The van der Waals surface area contributed by atoms with Gasteiger partial charge in [0.15, 0.2) is 0 Å². The van der Waals surface area contributed by atoms with Crippen molar-refractivity contribution < 1.29 is 27.4 Å². The van der Waals surface area contributed by atoms with Crippen LogP contribution < -0.4 is 4.74 Å². The van der Waals surface area contributed by atoms with Crippen LogP contribution in [0.2, 0.25) is 0 Å². The van der Waals surface area contributed by atoms with Crippen molar-refractivity contribution in [2.75, 3.05) is 26.3 Å². The number of hydrogen-bond acceptors (Lipinski definition) is 4. The van der Waals surface area contributed by atoms with E-state index in [1.165, 1.54) is 12.1 Å². The zero-order valence-electron chi connectivity index (χ0n) is 16.2. The Morgan fingerprint density at radius 1 is 1.36 bits per heavy atom. The summed E-state index contributed by atoms with van der Waals surface area (Å²) in [7, 11) is 0. The van der Waals surface area contributed by atoms with Crippen LogP contribution in [-0.2, 0) is 15.7 Å². The Morgan fingerprint density at radius 2 is 2.11 bits per heavy atom. The number of piperidine rings is 1. The van der Waals surface area contributed by atoms with Crippen LogP contribution in [0.1, 0.15) is 45.1 Å². The lowest BCUT2D eigenvalue weighted by Crippen LogP contribution is -2.43. The van der Waals surface area contributed by atoms with Gasteiger partial charge in [-0.25, -0.2) is 0 Å². The average Bonchev–Trinajstić information content (AvgIpc) is 2.61. The van der Waals surface area contributed by atoms with Crippen LogP contribution in [0.25, 0.3) is 0 Å².